The van der Waals surface area contributed by atoms with Gasteiger partial charge in [0.25, 0.3) is 5.91 Å². The number of unbranched alkanes of at least 4 members (excludes halogenated alkanes) is 2. The van der Waals surface area contributed by atoms with Gasteiger partial charge in [-0.3, -0.25) is 4.79 Å². The summed E-state index contributed by atoms with van der Waals surface area (Å²) in [5, 5.41) is 9.39. The van der Waals surface area contributed by atoms with Crippen molar-refractivity contribution in [3.8, 4) is 6.07 Å². The quantitative estimate of drug-likeness (QED) is 0.509. The Kier molecular flexibility index (Phi) is 8.65. The van der Waals surface area contributed by atoms with Crippen molar-refractivity contribution in [2.75, 3.05) is 26.2 Å². The highest BCUT2D eigenvalue weighted by Gasteiger charge is 2.23. The molecule has 1 amide bonds. The Morgan fingerprint density at radius 3 is 2.23 bits per heavy atom. The van der Waals surface area contributed by atoms with E-state index in [1.54, 1.807) is 6.20 Å². The second kappa shape index (κ2) is 10.3. The van der Waals surface area contributed by atoms with Crippen molar-refractivity contribution in [2.45, 2.75) is 59.3 Å². The van der Waals surface area contributed by atoms with Gasteiger partial charge in [0.15, 0.2) is 0 Å². The summed E-state index contributed by atoms with van der Waals surface area (Å²) in [6.07, 6.45) is 8.31. The molecule has 0 spiro atoms. The van der Waals surface area contributed by atoms with Crippen LogP contribution >= 0.6 is 0 Å². The van der Waals surface area contributed by atoms with Gasteiger partial charge in [-0.05, 0) is 31.6 Å². The van der Waals surface area contributed by atoms with Crippen molar-refractivity contribution < 1.29 is 4.79 Å². The largest absolute Gasteiger partial charge is 0.376 e. The predicted molar refractivity (Wildman–Crippen MR) is 90.1 cm³/mol. The van der Waals surface area contributed by atoms with Gasteiger partial charge in [0.2, 0.25) is 0 Å². The molecule has 0 radical (unpaired) electrons. The molecule has 124 valence electrons. The Morgan fingerprint density at radius 1 is 1.23 bits per heavy atom. The number of piperidine rings is 1. The molecule has 22 heavy (non-hydrogen) atoms. The number of rotatable bonds is 8. The average Bonchev–Trinajstić information content (AvgIpc) is 2.54. The van der Waals surface area contributed by atoms with Gasteiger partial charge >= 0.3 is 0 Å². The van der Waals surface area contributed by atoms with E-state index < -0.39 is 0 Å². The van der Waals surface area contributed by atoms with Crippen LogP contribution < -0.4 is 0 Å². The van der Waals surface area contributed by atoms with E-state index in [4.69, 9.17) is 0 Å². The minimum Gasteiger partial charge on any atom is -0.376 e. The minimum absolute atomic E-state index is 0.0904. The number of likely N-dealkylation sites (tertiary alicyclic amines) is 1. The summed E-state index contributed by atoms with van der Waals surface area (Å²) >= 11 is 0. The van der Waals surface area contributed by atoms with E-state index in [1.807, 2.05) is 4.90 Å². The molecule has 0 N–H and O–H groups in total. The molecule has 0 saturated carbocycles. The maximum absolute atomic E-state index is 12.5. The van der Waals surface area contributed by atoms with Gasteiger partial charge in [0.1, 0.15) is 11.6 Å². The molecule has 0 unspecified atom stereocenters. The molecule has 0 aromatic rings. The maximum atomic E-state index is 12.5. The van der Waals surface area contributed by atoms with Crippen LogP contribution in [0.1, 0.15) is 59.3 Å². The van der Waals surface area contributed by atoms with Gasteiger partial charge in [0.05, 0.1) is 0 Å². The predicted octanol–water partition coefficient (Wildman–Crippen LogP) is 3.55. The average molecular weight is 305 g/mol. The van der Waals surface area contributed by atoms with E-state index in [0.29, 0.717) is 11.5 Å². The van der Waals surface area contributed by atoms with Crippen LogP contribution in [0.25, 0.3) is 0 Å². The van der Waals surface area contributed by atoms with Gasteiger partial charge in [0, 0.05) is 32.4 Å². The van der Waals surface area contributed by atoms with Crippen LogP contribution in [0.2, 0.25) is 0 Å². The highest BCUT2D eigenvalue weighted by atomic mass is 16.2. The number of hydrogen-bond donors (Lipinski definition) is 0. The van der Waals surface area contributed by atoms with E-state index in [-0.39, 0.29) is 5.91 Å². The van der Waals surface area contributed by atoms with Crippen molar-refractivity contribution in [1.29, 1.82) is 5.26 Å². The summed E-state index contributed by atoms with van der Waals surface area (Å²) in [6.45, 7) is 9.95. The first-order valence-electron chi connectivity index (χ1n) is 8.77. The van der Waals surface area contributed by atoms with Gasteiger partial charge in [-0.1, -0.05) is 33.6 Å². The minimum atomic E-state index is -0.0904. The zero-order chi connectivity index (χ0) is 16.4. The maximum Gasteiger partial charge on any atom is 0.266 e. The standard InChI is InChI=1S/C18H31N3O/c1-4-6-10-20(11-7-5-2)15-17(14-19)18(22)21-12-8-16(3)9-13-21/h15-16H,4-13H2,1-3H3/b17-15-. The first kappa shape index (κ1) is 18.5. The number of amides is 1. The second-order valence-electron chi connectivity index (χ2n) is 6.37. The van der Waals surface area contributed by atoms with Crippen LogP contribution in [-0.4, -0.2) is 41.9 Å². The lowest BCUT2D eigenvalue weighted by Gasteiger charge is -2.30. The van der Waals surface area contributed by atoms with Crippen LogP contribution in [-0.2, 0) is 4.79 Å². The molecule has 0 aromatic heterocycles. The molecule has 0 atom stereocenters. The van der Waals surface area contributed by atoms with Crippen LogP contribution in [0.5, 0.6) is 0 Å². The van der Waals surface area contributed by atoms with Gasteiger partial charge in [-0.15, -0.1) is 0 Å². The number of hydrogen-bond acceptors (Lipinski definition) is 3. The van der Waals surface area contributed by atoms with Crippen LogP contribution in [0.15, 0.2) is 11.8 Å². The molecule has 4 heteroatoms. The van der Waals surface area contributed by atoms with Crippen molar-refractivity contribution in [3.05, 3.63) is 11.8 Å². The van der Waals surface area contributed by atoms with Crippen LogP contribution in [0.3, 0.4) is 0 Å². The lowest BCUT2D eigenvalue weighted by molar-refractivity contribution is -0.128. The monoisotopic (exact) mass is 305 g/mol. The fourth-order valence-electron chi connectivity index (χ4n) is 2.66. The summed E-state index contributed by atoms with van der Waals surface area (Å²) in [5.74, 6) is 0.594. The molecular weight excluding hydrogens is 274 g/mol. The van der Waals surface area contributed by atoms with E-state index in [9.17, 15) is 10.1 Å². The highest BCUT2D eigenvalue weighted by Crippen LogP contribution is 2.18. The van der Waals surface area contributed by atoms with E-state index in [1.165, 1.54) is 0 Å². The third-order valence-corrected chi connectivity index (χ3v) is 4.33. The summed E-state index contributed by atoms with van der Waals surface area (Å²) < 4.78 is 0. The molecule has 1 rings (SSSR count). The number of carbonyl (C=O) groups excluding carboxylic acids is 1. The SMILES string of the molecule is CCCCN(/C=C(/C#N)C(=O)N1CCC(C)CC1)CCCC. The van der Waals surface area contributed by atoms with Crippen molar-refractivity contribution in [3.63, 3.8) is 0 Å². The van der Waals surface area contributed by atoms with Crippen molar-refractivity contribution >= 4 is 5.91 Å². The Hall–Kier alpha value is -1.50. The molecule has 1 aliphatic rings. The summed E-state index contributed by atoms with van der Waals surface area (Å²) in [4.78, 5) is 16.5. The topological polar surface area (TPSA) is 47.3 Å². The van der Waals surface area contributed by atoms with E-state index >= 15 is 0 Å². The Bertz CT molecular complexity index is 395. The Morgan fingerprint density at radius 2 is 1.77 bits per heavy atom. The summed E-state index contributed by atoms with van der Waals surface area (Å²) in [7, 11) is 0. The molecule has 4 nitrogen and oxygen atoms in total. The zero-order valence-electron chi connectivity index (χ0n) is 14.5. The fraction of sp³-hybridized carbons (Fsp3) is 0.778. The molecule has 1 saturated heterocycles. The number of carbonyl (C=O) groups is 1. The smallest absolute Gasteiger partial charge is 0.266 e. The third kappa shape index (κ3) is 6.09. The molecule has 0 aromatic carbocycles. The first-order chi connectivity index (χ1) is 10.6. The Labute approximate surface area is 135 Å². The van der Waals surface area contributed by atoms with Crippen molar-refractivity contribution in [2.24, 2.45) is 5.92 Å². The van der Waals surface area contributed by atoms with Gasteiger partial charge in [-0.2, -0.15) is 5.26 Å². The molecule has 1 aliphatic heterocycles. The number of nitrogens with zero attached hydrogens (tertiary/aromatic N) is 3. The lowest BCUT2D eigenvalue weighted by Crippen LogP contribution is -2.39. The normalized spacial score (nSPS) is 16.5. The highest BCUT2D eigenvalue weighted by molar-refractivity contribution is 5.97. The van der Waals surface area contributed by atoms with Crippen LogP contribution in [0.4, 0.5) is 0 Å². The third-order valence-electron chi connectivity index (χ3n) is 4.33. The molecule has 0 bridgehead atoms. The van der Waals surface area contributed by atoms with Gasteiger partial charge < -0.3 is 9.80 Å². The number of nitriles is 1. The second-order valence-corrected chi connectivity index (χ2v) is 6.37. The summed E-state index contributed by atoms with van der Waals surface area (Å²) in [6, 6.07) is 2.12. The lowest BCUT2D eigenvalue weighted by atomic mass is 9.99. The fourth-order valence-corrected chi connectivity index (χ4v) is 2.66. The Balaban J connectivity index is 2.72. The van der Waals surface area contributed by atoms with E-state index in [2.05, 4.69) is 31.7 Å². The van der Waals surface area contributed by atoms with Crippen LogP contribution in [0, 0.1) is 17.2 Å². The molecule has 1 fully saturated rings. The molecular formula is C18H31N3O. The molecule has 0 aliphatic carbocycles. The van der Waals surface area contributed by atoms with Gasteiger partial charge in [-0.25, -0.2) is 0 Å². The molecule has 1 heterocycles. The van der Waals surface area contributed by atoms with E-state index in [0.717, 1.165) is 64.7 Å². The zero-order valence-corrected chi connectivity index (χ0v) is 14.5. The summed E-state index contributed by atoms with van der Waals surface area (Å²) in [5.41, 5.74) is 0.293. The first-order valence-corrected chi connectivity index (χ1v) is 8.77. The van der Waals surface area contributed by atoms with Crippen molar-refractivity contribution in [1.82, 2.24) is 9.80 Å².